The second-order valence-electron chi connectivity index (χ2n) is 4.87. The predicted octanol–water partition coefficient (Wildman–Crippen LogP) is 2.65. The second-order valence-corrected chi connectivity index (χ2v) is 4.87. The van der Waals surface area contributed by atoms with Crippen molar-refractivity contribution in [3.63, 3.8) is 0 Å². The minimum absolute atomic E-state index is 0.122. The van der Waals surface area contributed by atoms with Gasteiger partial charge in [-0.2, -0.15) is 0 Å². The summed E-state index contributed by atoms with van der Waals surface area (Å²) in [7, 11) is 0. The lowest BCUT2D eigenvalue weighted by molar-refractivity contribution is -0.121. The van der Waals surface area contributed by atoms with Crippen molar-refractivity contribution in [3.05, 3.63) is 66.0 Å². The molecule has 120 valence electrons. The number of urea groups is 1. The van der Waals surface area contributed by atoms with E-state index in [1.807, 2.05) is 18.2 Å². The van der Waals surface area contributed by atoms with Crippen molar-refractivity contribution >= 4 is 17.6 Å². The summed E-state index contributed by atoms with van der Waals surface area (Å²) < 4.78 is 13.4. The fraction of sp³-hybridized carbons (Fsp3) is 0.176. The van der Waals surface area contributed by atoms with E-state index in [0.29, 0.717) is 11.3 Å². The van der Waals surface area contributed by atoms with E-state index in [1.54, 1.807) is 30.3 Å². The Morgan fingerprint density at radius 3 is 2.35 bits per heavy atom. The van der Waals surface area contributed by atoms with Gasteiger partial charge < -0.3 is 16.0 Å². The van der Waals surface area contributed by atoms with E-state index < -0.39 is 0 Å². The molecule has 0 spiro atoms. The van der Waals surface area contributed by atoms with Crippen LogP contribution in [0.25, 0.3) is 0 Å². The summed E-state index contributed by atoms with van der Waals surface area (Å²) in [6.07, 6.45) is 0.122. The number of carbonyl (C=O) groups excluding carboxylic acids is 2. The Hall–Kier alpha value is -2.89. The summed E-state index contributed by atoms with van der Waals surface area (Å²) in [5.74, 6) is -0.610. The second kappa shape index (κ2) is 8.53. The summed E-state index contributed by atoms with van der Waals surface area (Å²) in [6, 6.07) is 14.9. The molecule has 0 radical (unpaired) electrons. The summed E-state index contributed by atoms with van der Waals surface area (Å²) in [5.41, 5.74) is 1.10. The average molecular weight is 315 g/mol. The number of rotatable bonds is 6. The van der Waals surface area contributed by atoms with Crippen LogP contribution in [0.5, 0.6) is 0 Å². The molecule has 0 saturated carbocycles. The van der Waals surface area contributed by atoms with Crippen LogP contribution in [0.1, 0.15) is 12.0 Å². The smallest absolute Gasteiger partial charge is 0.319 e. The molecular formula is C17H18FN3O2. The molecule has 2 rings (SSSR count). The first-order valence-corrected chi connectivity index (χ1v) is 7.25. The van der Waals surface area contributed by atoms with Crippen molar-refractivity contribution in [2.45, 2.75) is 13.0 Å². The zero-order valence-corrected chi connectivity index (χ0v) is 12.5. The van der Waals surface area contributed by atoms with Gasteiger partial charge in [-0.15, -0.1) is 0 Å². The number of hydrogen-bond acceptors (Lipinski definition) is 2. The maximum atomic E-state index is 13.4. The molecule has 0 fully saturated rings. The van der Waals surface area contributed by atoms with Crippen LogP contribution in [0.3, 0.4) is 0 Å². The van der Waals surface area contributed by atoms with E-state index in [0.717, 1.165) is 0 Å². The minimum Gasteiger partial charge on any atom is -0.352 e. The van der Waals surface area contributed by atoms with E-state index in [-0.39, 0.29) is 37.3 Å². The van der Waals surface area contributed by atoms with Crippen molar-refractivity contribution in [1.29, 1.82) is 0 Å². The van der Waals surface area contributed by atoms with Gasteiger partial charge in [0.15, 0.2) is 0 Å². The Labute approximate surface area is 133 Å². The van der Waals surface area contributed by atoms with Gasteiger partial charge in [-0.05, 0) is 18.2 Å². The number of hydrogen-bond donors (Lipinski definition) is 3. The van der Waals surface area contributed by atoms with E-state index in [2.05, 4.69) is 16.0 Å². The van der Waals surface area contributed by atoms with E-state index >= 15 is 0 Å². The van der Waals surface area contributed by atoms with Gasteiger partial charge in [-0.1, -0.05) is 36.4 Å². The van der Waals surface area contributed by atoms with Crippen LogP contribution < -0.4 is 16.0 Å². The van der Waals surface area contributed by atoms with Crippen molar-refractivity contribution < 1.29 is 14.0 Å². The van der Waals surface area contributed by atoms with Crippen LogP contribution in [0.2, 0.25) is 0 Å². The first-order valence-electron chi connectivity index (χ1n) is 7.25. The molecule has 0 heterocycles. The quantitative estimate of drug-likeness (QED) is 0.767. The Morgan fingerprint density at radius 2 is 1.61 bits per heavy atom. The number of amides is 3. The highest BCUT2D eigenvalue weighted by molar-refractivity contribution is 5.89. The van der Waals surface area contributed by atoms with Crippen LogP contribution >= 0.6 is 0 Å². The topological polar surface area (TPSA) is 70.2 Å². The lowest BCUT2D eigenvalue weighted by Crippen LogP contribution is -2.33. The fourth-order valence-corrected chi connectivity index (χ4v) is 1.91. The molecule has 0 aliphatic heterocycles. The van der Waals surface area contributed by atoms with Gasteiger partial charge in [-0.3, -0.25) is 4.79 Å². The van der Waals surface area contributed by atoms with Crippen LogP contribution in [-0.2, 0) is 11.3 Å². The Morgan fingerprint density at radius 1 is 0.913 bits per heavy atom. The normalized spacial score (nSPS) is 9.96. The summed E-state index contributed by atoms with van der Waals surface area (Å²) in [4.78, 5) is 23.3. The standard InChI is InChI=1S/C17H18FN3O2/c18-15-9-5-4-6-13(15)12-20-16(22)10-11-19-17(23)21-14-7-2-1-3-8-14/h1-9H,10-12H2,(H,20,22)(H2,19,21,23). The van der Waals surface area contributed by atoms with Crippen LogP contribution in [0.15, 0.2) is 54.6 Å². The SMILES string of the molecule is O=C(CCNC(=O)Nc1ccccc1)NCc1ccccc1F. The van der Waals surface area contributed by atoms with Gasteiger partial charge in [0.2, 0.25) is 5.91 Å². The van der Waals surface area contributed by atoms with Gasteiger partial charge in [0.25, 0.3) is 0 Å². The van der Waals surface area contributed by atoms with Crippen LogP contribution in [0, 0.1) is 5.82 Å². The molecule has 2 aromatic rings. The molecule has 3 amide bonds. The van der Waals surface area contributed by atoms with Crippen molar-refractivity contribution in [3.8, 4) is 0 Å². The molecule has 0 aliphatic rings. The third-order valence-corrected chi connectivity index (χ3v) is 3.10. The highest BCUT2D eigenvalue weighted by Crippen LogP contribution is 2.05. The lowest BCUT2D eigenvalue weighted by Gasteiger charge is -2.08. The molecule has 2 aromatic carbocycles. The third-order valence-electron chi connectivity index (χ3n) is 3.10. The van der Waals surface area contributed by atoms with E-state index in [9.17, 15) is 14.0 Å². The molecule has 0 unspecified atom stereocenters. The van der Waals surface area contributed by atoms with Gasteiger partial charge in [-0.25, -0.2) is 9.18 Å². The van der Waals surface area contributed by atoms with Crippen LogP contribution in [-0.4, -0.2) is 18.5 Å². The van der Waals surface area contributed by atoms with Crippen molar-refractivity contribution in [2.75, 3.05) is 11.9 Å². The first kappa shape index (κ1) is 16.5. The van der Waals surface area contributed by atoms with Crippen molar-refractivity contribution in [1.82, 2.24) is 10.6 Å². The third kappa shape index (κ3) is 5.78. The maximum absolute atomic E-state index is 13.4. The Balaban J connectivity index is 1.65. The largest absolute Gasteiger partial charge is 0.352 e. The molecular weight excluding hydrogens is 297 g/mol. The molecule has 3 N–H and O–H groups in total. The number of benzene rings is 2. The molecule has 23 heavy (non-hydrogen) atoms. The number of carbonyl (C=O) groups is 2. The summed E-state index contributed by atoms with van der Waals surface area (Å²) >= 11 is 0. The molecule has 0 bridgehead atoms. The molecule has 6 heteroatoms. The number of anilines is 1. The van der Waals surface area contributed by atoms with Gasteiger partial charge >= 0.3 is 6.03 Å². The Bertz CT molecular complexity index is 662. The van der Waals surface area contributed by atoms with Gasteiger partial charge in [0, 0.05) is 30.8 Å². The lowest BCUT2D eigenvalue weighted by atomic mass is 10.2. The summed E-state index contributed by atoms with van der Waals surface area (Å²) in [5, 5.41) is 7.85. The molecule has 0 aromatic heterocycles. The molecule has 0 saturated heterocycles. The molecule has 0 aliphatic carbocycles. The fourth-order valence-electron chi connectivity index (χ4n) is 1.91. The minimum atomic E-state index is -0.377. The highest BCUT2D eigenvalue weighted by atomic mass is 19.1. The van der Waals surface area contributed by atoms with Crippen molar-refractivity contribution in [2.24, 2.45) is 0 Å². The van der Waals surface area contributed by atoms with E-state index in [1.165, 1.54) is 6.07 Å². The van der Waals surface area contributed by atoms with Gasteiger partial charge in [0.1, 0.15) is 5.82 Å². The summed E-state index contributed by atoms with van der Waals surface area (Å²) in [6.45, 7) is 0.323. The first-order chi connectivity index (χ1) is 11.1. The Kier molecular flexibility index (Phi) is 6.11. The number of nitrogens with one attached hydrogen (secondary N) is 3. The number of para-hydroxylation sites is 1. The zero-order valence-electron chi connectivity index (χ0n) is 12.5. The monoisotopic (exact) mass is 315 g/mol. The molecule has 5 nitrogen and oxygen atoms in total. The highest BCUT2D eigenvalue weighted by Gasteiger charge is 2.06. The predicted molar refractivity (Wildman–Crippen MR) is 86.3 cm³/mol. The van der Waals surface area contributed by atoms with E-state index in [4.69, 9.17) is 0 Å². The maximum Gasteiger partial charge on any atom is 0.319 e. The zero-order chi connectivity index (χ0) is 16.5. The molecule has 0 atom stereocenters. The number of halogens is 1. The average Bonchev–Trinajstić information content (AvgIpc) is 2.55. The van der Waals surface area contributed by atoms with Gasteiger partial charge in [0.05, 0.1) is 0 Å². The van der Waals surface area contributed by atoms with Crippen LogP contribution in [0.4, 0.5) is 14.9 Å².